The van der Waals surface area contributed by atoms with E-state index in [1.807, 2.05) is 30.3 Å². The molecule has 20 heavy (non-hydrogen) atoms. The zero-order chi connectivity index (χ0) is 14.4. The minimum atomic E-state index is 0.592. The molecule has 1 aromatic carbocycles. The standard InChI is InChI=1S/C16H14N2OS/c1-3-10-20-16-13(11-17)6-9-15(18-16)12-4-7-14(19-2)8-5-12/h3-9H,1,10H2,2H3. The first-order valence-corrected chi connectivity index (χ1v) is 7.06. The Bertz CT molecular complexity index is 645. The minimum absolute atomic E-state index is 0.592. The van der Waals surface area contributed by atoms with Crippen molar-refractivity contribution in [1.29, 1.82) is 5.26 Å². The van der Waals surface area contributed by atoms with Crippen molar-refractivity contribution in [3.63, 3.8) is 0 Å². The summed E-state index contributed by atoms with van der Waals surface area (Å²) in [6.45, 7) is 3.69. The summed E-state index contributed by atoms with van der Waals surface area (Å²) < 4.78 is 5.14. The van der Waals surface area contributed by atoms with Crippen molar-refractivity contribution in [3.05, 3.63) is 54.6 Å². The summed E-state index contributed by atoms with van der Waals surface area (Å²) in [5.74, 6) is 1.54. The van der Waals surface area contributed by atoms with E-state index >= 15 is 0 Å². The Morgan fingerprint density at radius 3 is 2.65 bits per heavy atom. The number of methoxy groups -OCH3 is 1. The molecule has 0 aliphatic heterocycles. The molecule has 3 nitrogen and oxygen atoms in total. The predicted molar refractivity (Wildman–Crippen MR) is 81.9 cm³/mol. The number of rotatable bonds is 5. The Kier molecular flexibility index (Phi) is 4.80. The van der Waals surface area contributed by atoms with Crippen LogP contribution < -0.4 is 4.74 Å². The van der Waals surface area contributed by atoms with Crippen molar-refractivity contribution in [2.45, 2.75) is 5.03 Å². The largest absolute Gasteiger partial charge is 0.497 e. The van der Waals surface area contributed by atoms with Crippen molar-refractivity contribution in [2.24, 2.45) is 0 Å². The van der Waals surface area contributed by atoms with Crippen molar-refractivity contribution in [3.8, 4) is 23.1 Å². The molecule has 1 aromatic heterocycles. The zero-order valence-electron chi connectivity index (χ0n) is 11.2. The molecule has 2 rings (SSSR count). The summed E-state index contributed by atoms with van der Waals surface area (Å²) >= 11 is 1.51. The fourth-order valence-corrected chi connectivity index (χ4v) is 2.40. The molecule has 0 bridgehead atoms. The van der Waals surface area contributed by atoms with Crippen LogP contribution in [0.5, 0.6) is 5.75 Å². The molecule has 100 valence electrons. The Balaban J connectivity index is 2.36. The number of thioether (sulfide) groups is 1. The van der Waals surface area contributed by atoms with Gasteiger partial charge < -0.3 is 4.74 Å². The molecule has 0 N–H and O–H groups in total. The van der Waals surface area contributed by atoms with Crippen LogP contribution in [0.4, 0.5) is 0 Å². The number of benzene rings is 1. The fourth-order valence-electron chi connectivity index (χ4n) is 1.70. The highest BCUT2D eigenvalue weighted by atomic mass is 32.2. The van der Waals surface area contributed by atoms with Crippen molar-refractivity contribution >= 4 is 11.8 Å². The Morgan fingerprint density at radius 2 is 2.05 bits per heavy atom. The lowest BCUT2D eigenvalue weighted by Gasteiger charge is -2.06. The number of hydrogen-bond acceptors (Lipinski definition) is 4. The molecule has 4 heteroatoms. The first kappa shape index (κ1) is 14.2. The van der Waals surface area contributed by atoms with E-state index in [4.69, 9.17) is 10.00 Å². The number of nitrogens with zero attached hydrogens (tertiary/aromatic N) is 2. The van der Waals surface area contributed by atoms with Crippen LogP contribution in [0.3, 0.4) is 0 Å². The van der Waals surface area contributed by atoms with Gasteiger partial charge in [-0.1, -0.05) is 6.08 Å². The fraction of sp³-hybridized carbons (Fsp3) is 0.125. The van der Waals surface area contributed by atoms with Crippen LogP contribution in [0.25, 0.3) is 11.3 Å². The van der Waals surface area contributed by atoms with E-state index in [2.05, 4.69) is 17.6 Å². The highest BCUT2D eigenvalue weighted by Gasteiger charge is 2.07. The second kappa shape index (κ2) is 6.78. The van der Waals surface area contributed by atoms with E-state index in [1.54, 1.807) is 19.3 Å². The van der Waals surface area contributed by atoms with E-state index in [0.717, 1.165) is 27.8 Å². The summed E-state index contributed by atoms with van der Waals surface area (Å²) in [5, 5.41) is 9.84. The lowest BCUT2D eigenvalue weighted by atomic mass is 10.1. The van der Waals surface area contributed by atoms with Crippen LogP contribution in [0.2, 0.25) is 0 Å². The molecule has 0 atom stereocenters. The third-order valence-electron chi connectivity index (χ3n) is 2.70. The van der Waals surface area contributed by atoms with Crippen molar-refractivity contribution < 1.29 is 4.74 Å². The van der Waals surface area contributed by atoms with Gasteiger partial charge in [0.1, 0.15) is 16.8 Å². The van der Waals surface area contributed by atoms with Gasteiger partial charge in [-0.2, -0.15) is 5.26 Å². The molecule has 0 spiro atoms. The minimum Gasteiger partial charge on any atom is -0.497 e. The van der Waals surface area contributed by atoms with Gasteiger partial charge in [-0.05, 0) is 36.4 Å². The number of aromatic nitrogens is 1. The van der Waals surface area contributed by atoms with Gasteiger partial charge in [-0.3, -0.25) is 0 Å². The van der Waals surface area contributed by atoms with Gasteiger partial charge in [-0.25, -0.2) is 4.98 Å². The van der Waals surface area contributed by atoms with E-state index in [9.17, 15) is 0 Å². The zero-order valence-corrected chi connectivity index (χ0v) is 12.0. The normalized spacial score (nSPS) is 9.80. The molecule has 0 aliphatic rings. The number of ether oxygens (including phenoxy) is 1. The maximum atomic E-state index is 9.10. The van der Waals surface area contributed by atoms with Gasteiger partial charge in [0, 0.05) is 11.3 Å². The molecule has 1 heterocycles. The maximum Gasteiger partial charge on any atom is 0.118 e. The lowest BCUT2D eigenvalue weighted by Crippen LogP contribution is -1.91. The van der Waals surface area contributed by atoms with Crippen LogP contribution in [0.1, 0.15) is 5.56 Å². The Labute approximate surface area is 122 Å². The first-order valence-electron chi connectivity index (χ1n) is 6.07. The van der Waals surface area contributed by atoms with Crippen molar-refractivity contribution in [2.75, 3.05) is 12.9 Å². The SMILES string of the molecule is C=CCSc1nc(-c2ccc(OC)cc2)ccc1C#N. The average molecular weight is 282 g/mol. The average Bonchev–Trinajstić information content (AvgIpc) is 2.52. The smallest absolute Gasteiger partial charge is 0.118 e. The lowest BCUT2D eigenvalue weighted by molar-refractivity contribution is 0.415. The molecule has 0 amide bonds. The first-order chi connectivity index (χ1) is 9.78. The van der Waals surface area contributed by atoms with Gasteiger partial charge in [0.15, 0.2) is 0 Å². The van der Waals surface area contributed by atoms with Crippen LogP contribution in [0.15, 0.2) is 54.1 Å². The van der Waals surface area contributed by atoms with E-state index in [1.165, 1.54) is 11.8 Å². The van der Waals surface area contributed by atoms with Gasteiger partial charge in [0.25, 0.3) is 0 Å². The topological polar surface area (TPSA) is 45.9 Å². The quantitative estimate of drug-likeness (QED) is 0.616. The number of hydrogen-bond donors (Lipinski definition) is 0. The van der Waals surface area contributed by atoms with Crippen LogP contribution in [-0.4, -0.2) is 17.8 Å². The third kappa shape index (κ3) is 3.19. The van der Waals surface area contributed by atoms with Crippen LogP contribution >= 0.6 is 11.8 Å². The second-order valence-corrected chi connectivity index (χ2v) is 5.00. The summed E-state index contributed by atoms with van der Waals surface area (Å²) in [4.78, 5) is 4.56. The van der Waals surface area contributed by atoms with Gasteiger partial charge in [-0.15, -0.1) is 18.3 Å². The summed E-state index contributed by atoms with van der Waals surface area (Å²) in [7, 11) is 1.64. The molecule has 0 saturated heterocycles. The van der Waals surface area contributed by atoms with Gasteiger partial charge in [0.2, 0.25) is 0 Å². The molecular weight excluding hydrogens is 268 g/mol. The molecule has 0 saturated carbocycles. The van der Waals surface area contributed by atoms with Gasteiger partial charge in [0.05, 0.1) is 18.4 Å². The summed E-state index contributed by atoms with van der Waals surface area (Å²) in [6.07, 6.45) is 1.80. The second-order valence-electron chi connectivity index (χ2n) is 3.99. The highest BCUT2D eigenvalue weighted by molar-refractivity contribution is 7.99. The highest BCUT2D eigenvalue weighted by Crippen LogP contribution is 2.26. The predicted octanol–water partition coefficient (Wildman–Crippen LogP) is 3.91. The van der Waals surface area contributed by atoms with E-state index in [0.29, 0.717) is 5.56 Å². The van der Waals surface area contributed by atoms with Crippen molar-refractivity contribution in [1.82, 2.24) is 4.98 Å². The van der Waals surface area contributed by atoms with E-state index < -0.39 is 0 Å². The third-order valence-corrected chi connectivity index (χ3v) is 3.69. The van der Waals surface area contributed by atoms with E-state index in [-0.39, 0.29) is 0 Å². The molecular formula is C16H14N2OS. The number of pyridine rings is 1. The Morgan fingerprint density at radius 1 is 1.30 bits per heavy atom. The maximum absolute atomic E-state index is 9.10. The molecule has 0 unspecified atom stereocenters. The summed E-state index contributed by atoms with van der Waals surface area (Å²) in [5.41, 5.74) is 2.43. The molecule has 0 radical (unpaired) electrons. The summed E-state index contributed by atoms with van der Waals surface area (Å²) in [6, 6.07) is 13.5. The molecule has 2 aromatic rings. The molecule has 0 aliphatic carbocycles. The van der Waals surface area contributed by atoms with Crippen LogP contribution in [0, 0.1) is 11.3 Å². The number of nitriles is 1. The molecule has 0 fully saturated rings. The monoisotopic (exact) mass is 282 g/mol. The Hall–Kier alpha value is -2.25. The van der Waals surface area contributed by atoms with Gasteiger partial charge >= 0.3 is 0 Å². The van der Waals surface area contributed by atoms with Crippen LogP contribution in [-0.2, 0) is 0 Å².